The smallest absolute Gasteiger partial charge is 0.422 e. The van der Waals surface area contributed by atoms with E-state index in [-0.39, 0.29) is 0 Å². The van der Waals surface area contributed by atoms with Crippen LogP contribution in [0.5, 0.6) is 5.75 Å². The Hall–Kier alpha value is -1.19. The van der Waals surface area contributed by atoms with Gasteiger partial charge in [0, 0.05) is 0 Å². The molecule has 1 nitrogen and oxygen atoms in total. The predicted molar refractivity (Wildman–Crippen MR) is 47.5 cm³/mol. The molecule has 0 aliphatic carbocycles. The fraction of sp³-hybridized carbons (Fsp3) is 0.400. The highest BCUT2D eigenvalue weighted by Gasteiger charge is 2.28. The van der Waals surface area contributed by atoms with E-state index in [1.165, 1.54) is 0 Å². The third kappa shape index (κ3) is 2.94. The zero-order valence-corrected chi connectivity index (χ0v) is 7.98. The third-order valence-electron chi connectivity index (χ3n) is 1.79. The second-order valence-corrected chi connectivity index (χ2v) is 3.12. The fourth-order valence-corrected chi connectivity index (χ4v) is 1.18. The molecular weight excluding hydrogens is 193 g/mol. The van der Waals surface area contributed by atoms with Gasteiger partial charge in [-0.1, -0.05) is 18.2 Å². The van der Waals surface area contributed by atoms with Crippen LogP contribution < -0.4 is 4.74 Å². The highest BCUT2D eigenvalue weighted by Crippen LogP contribution is 2.25. The lowest BCUT2D eigenvalue weighted by atomic mass is 10.1. The van der Waals surface area contributed by atoms with Gasteiger partial charge in [-0.2, -0.15) is 13.2 Å². The number of halogens is 3. The first kappa shape index (κ1) is 10.9. The molecule has 0 saturated carbocycles. The van der Waals surface area contributed by atoms with Crippen LogP contribution in [-0.4, -0.2) is 12.8 Å². The van der Waals surface area contributed by atoms with Gasteiger partial charge in [-0.25, -0.2) is 0 Å². The van der Waals surface area contributed by atoms with Crippen molar-refractivity contribution in [2.45, 2.75) is 20.0 Å². The summed E-state index contributed by atoms with van der Waals surface area (Å²) >= 11 is 0. The summed E-state index contributed by atoms with van der Waals surface area (Å²) in [6.07, 6.45) is -4.28. The quantitative estimate of drug-likeness (QED) is 0.718. The Morgan fingerprint density at radius 1 is 1.14 bits per heavy atom. The fourth-order valence-electron chi connectivity index (χ4n) is 1.18. The summed E-state index contributed by atoms with van der Waals surface area (Å²) in [4.78, 5) is 0. The molecule has 0 spiro atoms. The first-order valence-electron chi connectivity index (χ1n) is 4.16. The van der Waals surface area contributed by atoms with Crippen molar-refractivity contribution < 1.29 is 17.9 Å². The number of aryl methyl sites for hydroxylation is 2. The van der Waals surface area contributed by atoms with Gasteiger partial charge in [0.1, 0.15) is 5.75 Å². The van der Waals surface area contributed by atoms with Crippen LogP contribution in [0.2, 0.25) is 0 Å². The molecular formula is C10H11F3O. The number of hydrogen-bond donors (Lipinski definition) is 0. The average Bonchev–Trinajstić information content (AvgIpc) is 2.01. The molecule has 0 aromatic heterocycles. The number of ether oxygens (including phenoxy) is 1. The summed E-state index contributed by atoms with van der Waals surface area (Å²) in [6, 6.07) is 5.22. The standard InChI is InChI=1S/C10H11F3O/c1-7-4-3-5-8(2)9(7)14-6-10(11,12)13/h3-5H,6H2,1-2H3. The Morgan fingerprint density at radius 2 is 1.64 bits per heavy atom. The molecule has 78 valence electrons. The van der Waals surface area contributed by atoms with Crippen molar-refractivity contribution in [2.75, 3.05) is 6.61 Å². The Labute approximate surface area is 80.5 Å². The van der Waals surface area contributed by atoms with Crippen molar-refractivity contribution >= 4 is 0 Å². The van der Waals surface area contributed by atoms with Crippen molar-refractivity contribution in [3.8, 4) is 5.75 Å². The van der Waals surface area contributed by atoms with Crippen LogP contribution in [0.1, 0.15) is 11.1 Å². The Bertz CT molecular complexity index is 297. The number of hydrogen-bond acceptors (Lipinski definition) is 1. The maximum absolute atomic E-state index is 11.9. The minimum atomic E-state index is -4.28. The Balaban J connectivity index is 2.77. The molecule has 1 aromatic rings. The highest BCUT2D eigenvalue weighted by atomic mass is 19.4. The summed E-state index contributed by atoms with van der Waals surface area (Å²) < 4.78 is 40.3. The van der Waals surface area contributed by atoms with Crippen molar-refractivity contribution in [3.63, 3.8) is 0 Å². The molecule has 0 unspecified atom stereocenters. The van der Waals surface area contributed by atoms with Crippen molar-refractivity contribution in [3.05, 3.63) is 29.3 Å². The van der Waals surface area contributed by atoms with E-state index in [0.717, 1.165) is 0 Å². The summed E-state index contributed by atoms with van der Waals surface area (Å²) in [5.41, 5.74) is 1.43. The lowest BCUT2D eigenvalue weighted by Crippen LogP contribution is -2.19. The molecule has 0 saturated heterocycles. The van der Waals surface area contributed by atoms with E-state index in [9.17, 15) is 13.2 Å². The topological polar surface area (TPSA) is 9.23 Å². The van der Waals surface area contributed by atoms with Crippen LogP contribution in [0.3, 0.4) is 0 Å². The summed E-state index contributed by atoms with van der Waals surface area (Å²) in [7, 11) is 0. The van der Waals surface area contributed by atoms with Gasteiger partial charge in [-0.05, 0) is 25.0 Å². The van der Waals surface area contributed by atoms with Gasteiger partial charge in [0.25, 0.3) is 0 Å². The number of para-hydroxylation sites is 1. The van der Waals surface area contributed by atoms with Gasteiger partial charge in [0.05, 0.1) is 0 Å². The van der Waals surface area contributed by atoms with E-state index in [1.54, 1.807) is 32.0 Å². The molecule has 0 bridgehead atoms. The number of rotatable bonds is 2. The van der Waals surface area contributed by atoms with E-state index < -0.39 is 12.8 Å². The molecule has 0 amide bonds. The molecule has 1 rings (SSSR count). The molecule has 4 heteroatoms. The number of alkyl halides is 3. The molecule has 0 N–H and O–H groups in total. The largest absolute Gasteiger partial charge is 0.484 e. The second kappa shape index (κ2) is 3.90. The van der Waals surface area contributed by atoms with Crippen LogP contribution >= 0.6 is 0 Å². The average molecular weight is 204 g/mol. The zero-order valence-electron chi connectivity index (χ0n) is 7.98. The second-order valence-electron chi connectivity index (χ2n) is 3.12. The van der Waals surface area contributed by atoms with Crippen molar-refractivity contribution in [1.29, 1.82) is 0 Å². The van der Waals surface area contributed by atoms with Crippen LogP contribution in [0.25, 0.3) is 0 Å². The molecule has 0 aliphatic rings. The first-order valence-corrected chi connectivity index (χ1v) is 4.16. The van der Waals surface area contributed by atoms with Crippen molar-refractivity contribution in [1.82, 2.24) is 0 Å². The summed E-state index contributed by atoms with van der Waals surface area (Å²) in [5, 5.41) is 0. The van der Waals surface area contributed by atoms with Gasteiger partial charge in [-0.15, -0.1) is 0 Å². The van der Waals surface area contributed by atoms with E-state index >= 15 is 0 Å². The van der Waals surface area contributed by atoms with E-state index in [4.69, 9.17) is 4.74 Å². The van der Waals surface area contributed by atoms with Crippen LogP contribution in [-0.2, 0) is 0 Å². The van der Waals surface area contributed by atoms with Gasteiger partial charge in [0.2, 0.25) is 0 Å². The zero-order chi connectivity index (χ0) is 10.8. The van der Waals surface area contributed by atoms with E-state index in [2.05, 4.69) is 0 Å². The minimum Gasteiger partial charge on any atom is -0.484 e. The van der Waals surface area contributed by atoms with E-state index in [1.807, 2.05) is 0 Å². The van der Waals surface area contributed by atoms with Gasteiger partial charge < -0.3 is 4.74 Å². The molecule has 0 heterocycles. The lowest BCUT2D eigenvalue weighted by molar-refractivity contribution is -0.153. The first-order chi connectivity index (χ1) is 6.40. The normalized spacial score (nSPS) is 11.5. The lowest BCUT2D eigenvalue weighted by Gasteiger charge is -2.13. The van der Waals surface area contributed by atoms with Crippen molar-refractivity contribution in [2.24, 2.45) is 0 Å². The third-order valence-corrected chi connectivity index (χ3v) is 1.79. The maximum atomic E-state index is 11.9. The van der Waals surface area contributed by atoms with Gasteiger partial charge >= 0.3 is 6.18 Å². The van der Waals surface area contributed by atoms with Crippen LogP contribution in [0.4, 0.5) is 13.2 Å². The SMILES string of the molecule is Cc1cccc(C)c1OCC(F)(F)F. The van der Waals surface area contributed by atoms with Gasteiger partial charge in [0.15, 0.2) is 6.61 Å². The summed E-state index contributed by atoms with van der Waals surface area (Å²) in [5.74, 6) is 0.324. The molecule has 0 aliphatic heterocycles. The van der Waals surface area contributed by atoms with Crippen LogP contribution in [0, 0.1) is 13.8 Å². The summed E-state index contributed by atoms with van der Waals surface area (Å²) in [6.45, 7) is 2.20. The molecule has 0 atom stereocenters. The molecule has 0 radical (unpaired) electrons. The maximum Gasteiger partial charge on any atom is 0.422 e. The predicted octanol–water partition coefficient (Wildman–Crippen LogP) is 3.24. The minimum absolute atomic E-state index is 0.324. The van der Waals surface area contributed by atoms with Crippen LogP contribution in [0.15, 0.2) is 18.2 Å². The molecule has 0 fully saturated rings. The molecule has 1 aromatic carbocycles. The van der Waals surface area contributed by atoms with E-state index in [0.29, 0.717) is 16.9 Å². The number of benzene rings is 1. The monoisotopic (exact) mass is 204 g/mol. The molecule has 14 heavy (non-hydrogen) atoms. The van der Waals surface area contributed by atoms with Gasteiger partial charge in [-0.3, -0.25) is 0 Å². The Kier molecular flexibility index (Phi) is 3.03. The Morgan fingerprint density at radius 3 is 2.07 bits per heavy atom. The highest BCUT2D eigenvalue weighted by molar-refractivity contribution is 5.39.